The third kappa shape index (κ3) is 5.05. The number of carbonyl (C=O) groups is 2. The molecule has 6 nitrogen and oxygen atoms in total. The number of hydrogen-bond donors (Lipinski definition) is 2. The summed E-state index contributed by atoms with van der Waals surface area (Å²) in [4.78, 5) is 24.6. The maximum Gasteiger partial charge on any atom is 0.305 e. The van der Waals surface area contributed by atoms with E-state index in [9.17, 15) is 9.59 Å². The summed E-state index contributed by atoms with van der Waals surface area (Å²) in [6.45, 7) is 8.25. The Labute approximate surface area is 118 Å². The van der Waals surface area contributed by atoms with Gasteiger partial charge in [-0.3, -0.25) is 14.5 Å². The van der Waals surface area contributed by atoms with Gasteiger partial charge in [-0.25, -0.2) is 0 Å². The molecule has 1 atom stereocenters. The number of nitrogens with one attached hydrogen (secondary N) is 1. The summed E-state index contributed by atoms with van der Waals surface area (Å²) in [6.07, 6.45) is -0.112. The van der Waals surface area contributed by atoms with Crippen molar-refractivity contribution in [3.63, 3.8) is 0 Å². The summed E-state index contributed by atoms with van der Waals surface area (Å²) in [5.74, 6) is -0.391. The molecular weight excluding hydrogens is 260 g/mol. The van der Waals surface area contributed by atoms with Crippen LogP contribution in [0, 0.1) is 0 Å². The van der Waals surface area contributed by atoms with E-state index in [1.165, 1.54) is 0 Å². The number of carboxylic acids is 1. The molecule has 0 saturated heterocycles. The Kier molecular flexibility index (Phi) is 6.24. The molecule has 6 heteroatoms. The highest BCUT2D eigenvalue weighted by atomic mass is 16.4. The van der Waals surface area contributed by atoms with Crippen LogP contribution in [-0.4, -0.2) is 41.0 Å². The van der Waals surface area contributed by atoms with Crippen molar-refractivity contribution in [2.75, 3.05) is 13.1 Å². The molecule has 20 heavy (non-hydrogen) atoms. The maximum atomic E-state index is 11.9. The van der Waals surface area contributed by atoms with Crippen molar-refractivity contribution in [3.8, 4) is 0 Å². The largest absolute Gasteiger partial charge is 0.481 e. The summed E-state index contributed by atoms with van der Waals surface area (Å²) in [7, 11) is 0. The zero-order chi connectivity index (χ0) is 15.1. The molecule has 0 aliphatic carbocycles. The first kappa shape index (κ1) is 16.2. The average Bonchev–Trinajstić information content (AvgIpc) is 2.83. The summed E-state index contributed by atoms with van der Waals surface area (Å²) in [5.41, 5.74) is 0. The highest BCUT2D eigenvalue weighted by Gasteiger charge is 2.16. The predicted octanol–water partition coefficient (Wildman–Crippen LogP) is 1.71. The van der Waals surface area contributed by atoms with Crippen molar-refractivity contribution in [3.05, 3.63) is 23.7 Å². The number of rotatable bonds is 8. The van der Waals surface area contributed by atoms with E-state index in [1.807, 2.05) is 0 Å². The van der Waals surface area contributed by atoms with E-state index >= 15 is 0 Å². The van der Waals surface area contributed by atoms with Crippen LogP contribution < -0.4 is 5.32 Å². The zero-order valence-corrected chi connectivity index (χ0v) is 12.2. The summed E-state index contributed by atoms with van der Waals surface area (Å²) >= 11 is 0. The molecule has 0 radical (unpaired) electrons. The Morgan fingerprint density at radius 2 is 2.00 bits per heavy atom. The van der Waals surface area contributed by atoms with Crippen LogP contribution >= 0.6 is 0 Å². The summed E-state index contributed by atoms with van der Waals surface area (Å²) in [5, 5.41) is 11.2. The minimum absolute atomic E-state index is 0.112. The van der Waals surface area contributed by atoms with E-state index in [2.05, 4.69) is 24.1 Å². The van der Waals surface area contributed by atoms with E-state index < -0.39 is 12.0 Å². The predicted molar refractivity (Wildman–Crippen MR) is 74.5 cm³/mol. The van der Waals surface area contributed by atoms with Crippen LogP contribution in [0.4, 0.5) is 0 Å². The van der Waals surface area contributed by atoms with Crippen LogP contribution in [0.25, 0.3) is 0 Å². The number of hydrogen-bond acceptors (Lipinski definition) is 4. The number of furan rings is 1. The second-order valence-corrected chi connectivity index (χ2v) is 4.70. The average molecular weight is 282 g/mol. The molecule has 2 N–H and O–H groups in total. The number of amides is 1. The lowest BCUT2D eigenvalue weighted by molar-refractivity contribution is -0.137. The first-order valence-corrected chi connectivity index (χ1v) is 6.80. The highest BCUT2D eigenvalue weighted by molar-refractivity contribution is 5.91. The van der Waals surface area contributed by atoms with Crippen LogP contribution in [0.15, 0.2) is 16.5 Å². The summed E-state index contributed by atoms with van der Waals surface area (Å²) < 4.78 is 5.48. The van der Waals surface area contributed by atoms with Crippen molar-refractivity contribution in [2.45, 2.75) is 39.8 Å². The van der Waals surface area contributed by atoms with E-state index in [-0.39, 0.29) is 18.1 Å². The molecule has 0 saturated carbocycles. The van der Waals surface area contributed by atoms with Gasteiger partial charge in [0.1, 0.15) is 5.76 Å². The molecule has 1 heterocycles. The van der Waals surface area contributed by atoms with E-state index in [0.29, 0.717) is 6.54 Å². The fraction of sp³-hybridized carbons (Fsp3) is 0.571. The van der Waals surface area contributed by atoms with Crippen LogP contribution in [-0.2, 0) is 11.3 Å². The van der Waals surface area contributed by atoms with E-state index in [1.54, 1.807) is 19.1 Å². The van der Waals surface area contributed by atoms with Gasteiger partial charge in [0.2, 0.25) is 0 Å². The van der Waals surface area contributed by atoms with Gasteiger partial charge in [-0.1, -0.05) is 13.8 Å². The number of carbonyl (C=O) groups excluding carboxylic acids is 1. The Hall–Kier alpha value is -1.82. The Morgan fingerprint density at radius 1 is 1.35 bits per heavy atom. The second kappa shape index (κ2) is 7.69. The fourth-order valence-electron chi connectivity index (χ4n) is 1.86. The SMILES string of the molecule is CCN(CC)Cc1ccc(C(=O)NC(C)CC(=O)O)o1. The third-order valence-corrected chi connectivity index (χ3v) is 3.02. The molecule has 1 unspecified atom stereocenters. The smallest absolute Gasteiger partial charge is 0.305 e. The molecule has 1 rings (SSSR count). The standard InChI is InChI=1S/C14H22N2O4/c1-4-16(5-2)9-11-6-7-12(20-11)14(19)15-10(3)8-13(17)18/h6-7,10H,4-5,8-9H2,1-3H3,(H,15,19)(H,17,18). The molecule has 1 amide bonds. The van der Waals surface area contributed by atoms with Gasteiger partial charge in [0.05, 0.1) is 13.0 Å². The van der Waals surface area contributed by atoms with Gasteiger partial charge < -0.3 is 14.8 Å². The first-order chi connectivity index (χ1) is 9.46. The second-order valence-electron chi connectivity index (χ2n) is 4.70. The van der Waals surface area contributed by atoms with Gasteiger partial charge in [0.25, 0.3) is 5.91 Å². The van der Waals surface area contributed by atoms with Crippen molar-refractivity contribution < 1.29 is 19.1 Å². The van der Waals surface area contributed by atoms with Crippen LogP contribution in [0.5, 0.6) is 0 Å². The monoisotopic (exact) mass is 282 g/mol. The molecule has 1 aromatic rings. The molecule has 0 aliphatic rings. The molecule has 1 aromatic heterocycles. The van der Waals surface area contributed by atoms with Gasteiger partial charge in [-0.2, -0.15) is 0 Å². The van der Waals surface area contributed by atoms with Crippen molar-refractivity contribution in [1.82, 2.24) is 10.2 Å². The lowest BCUT2D eigenvalue weighted by Gasteiger charge is -2.15. The van der Waals surface area contributed by atoms with Gasteiger partial charge in [0, 0.05) is 6.04 Å². The molecular formula is C14H22N2O4. The molecule has 0 bridgehead atoms. The van der Waals surface area contributed by atoms with Crippen molar-refractivity contribution in [1.29, 1.82) is 0 Å². The Morgan fingerprint density at radius 3 is 2.55 bits per heavy atom. The molecule has 112 valence electrons. The lowest BCUT2D eigenvalue weighted by Crippen LogP contribution is -2.33. The Balaban J connectivity index is 2.57. The van der Waals surface area contributed by atoms with Crippen molar-refractivity contribution >= 4 is 11.9 Å². The van der Waals surface area contributed by atoms with E-state index in [0.717, 1.165) is 18.8 Å². The summed E-state index contributed by atoms with van der Waals surface area (Å²) in [6, 6.07) is 2.95. The maximum absolute atomic E-state index is 11.9. The van der Waals surface area contributed by atoms with Crippen molar-refractivity contribution in [2.24, 2.45) is 0 Å². The quantitative estimate of drug-likeness (QED) is 0.758. The van der Waals surface area contributed by atoms with Crippen LogP contribution in [0.1, 0.15) is 43.5 Å². The minimum atomic E-state index is -0.945. The van der Waals surface area contributed by atoms with Gasteiger partial charge in [-0.05, 0) is 32.1 Å². The normalized spacial score (nSPS) is 12.4. The minimum Gasteiger partial charge on any atom is -0.481 e. The molecule has 0 aliphatic heterocycles. The van der Waals surface area contributed by atoms with Crippen LogP contribution in [0.3, 0.4) is 0 Å². The van der Waals surface area contributed by atoms with Gasteiger partial charge >= 0.3 is 5.97 Å². The first-order valence-electron chi connectivity index (χ1n) is 6.80. The lowest BCUT2D eigenvalue weighted by atomic mass is 10.2. The molecule has 0 aromatic carbocycles. The zero-order valence-electron chi connectivity index (χ0n) is 12.2. The fourth-order valence-corrected chi connectivity index (χ4v) is 1.86. The van der Waals surface area contributed by atoms with Crippen LogP contribution in [0.2, 0.25) is 0 Å². The van der Waals surface area contributed by atoms with Gasteiger partial charge in [0.15, 0.2) is 5.76 Å². The number of aliphatic carboxylic acids is 1. The molecule has 0 spiro atoms. The molecule has 0 fully saturated rings. The number of carboxylic acid groups (broad SMARTS) is 1. The Bertz CT molecular complexity index is 452. The van der Waals surface area contributed by atoms with E-state index in [4.69, 9.17) is 9.52 Å². The number of nitrogens with zero attached hydrogens (tertiary/aromatic N) is 1. The highest BCUT2D eigenvalue weighted by Crippen LogP contribution is 2.11. The van der Waals surface area contributed by atoms with Gasteiger partial charge in [-0.15, -0.1) is 0 Å². The third-order valence-electron chi connectivity index (χ3n) is 3.02. The topological polar surface area (TPSA) is 82.8 Å².